The summed E-state index contributed by atoms with van der Waals surface area (Å²) in [6, 6.07) is 0. The second-order valence-corrected chi connectivity index (χ2v) is 6.48. The Hall–Kier alpha value is -0.300. The Kier molecular flexibility index (Phi) is 12.5. The highest BCUT2D eigenvalue weighted by molar-refractivity contribution is 4.67. The summed E-state index contributed by atoms with van der Waals surface area (Å²) in [5, 5.41) is 0. The molecule has 2 atom stereocenters. The highest BCUT2D eigenvalue weighted by Crippen LogP contribution is 2.18. The van der Waals surface area contributed by atoms with E-state index in [-0.39, 0.29) is 0 Å². The van der Waals surface area contributed by atoms with Crippen LogP contribution in [0.3, 0.4) is 0 Å². The molecule has 0 saturated heterocycles. The molecule has 0 rings (SSSR count). The molecule has 0 aromatic rings. The normalized spacial score (nSPS) is 14.6. The zero-order chi connectivity index (χ0) is 14.5. The monoisotopic (exact) mass is 267 g/mol. The van der Waals surface area contributed by atoms with Crippen LogP contribution in [0.2, 0.25) is 0 Å². The Morgan fingerprint density at radius 3 is 2.16 bits per heavy atom. The van der Waals surface area contributed by atoms with Crippen LogP contribution in [0.15, 0.2) is 12.7 Å². The first-order chi connectivity index (χ1) is 9.10. The molecule has 1 nitrogen and oxygen atoms in total. The summed E-state index contributed by atoms with van der Waals surface area (Å²) in [4.78, 5) is 2.47. The van der Waals surface area contributed by atoms with E-state index in [1.165, 1.54) is 64.5 Å². The summed E-state index contributed by atoms with van der Waals surface area (Å²) in [6.45, 7) is 13.4. The molecule has 0 aliphatic rings. The molecule has 0 aromatic carbocycles. The van der Waals surface area contributed by atoms with Gasteiger partial charge in [0.2, 0.25) is 0 Å². The molecule has 19 heavy (non-hydrogen) atoms. The minimum absolute atomic E-state index is 0.854. The fourth-order valence-corrected chi connectivity index (χ4v) is 2.84. The Balaban J connectivity index is 3.44. The predicted octanol–water partition coefficient (Wildman–Crippen LogP) is 5.52. The maximum Gasteiger partial charge on any atom is 0.000397 e. The van der Waals surface area contributed by atoms with E-state index < -0.39 is 0 Å². The molecular formula is C18H37N. The SMILES string of the molecule is C=CCCCC(C)CCCCC(C)CN(C)CCC. The van der Waals surface area contributed by atoms with E-state index in [2.05, 4.69) is 39.3 Å². The van der Waals surface area contributed by atoms with Gasteiger partial charge >= 0.3 is 0 Å². The smallest absolute Gasteiger partial charge is 0.000397 e. The van der Waals surface area contributed by atoms with E-state index in [1.54, 1.807) is 0 Å². The van der Waals surface area contributed by atoms with Crippen molar-refractivity contribution in [2.24, 2.45) is 11.8 Å². The van der Waals surface area contributed by atoms with E-state index in [0.29, 0.717) is 0 Å². The number of allylic oxidation sites excluding steroid dienone is 1. The number of rotatable bonds is 13. The van der Waals surface area contributed by atoms with Crippen molar-refractivity contribution >= 4 is 0 Å². The molecule has 0 aliphatic heterocycles. The molecule has 0 heterocycles. The lowest BCUT2D eigenvalue weighted by molar-refractivity contribution is 0.273. The number of hydrogen-bond donors (Lipinski definition) is 0. The third-order valence-electron chi connectivity index (χ3n) is 3.98. The van der Waals surface area contributed by atoms with Gasteiger partial charge < -0.3 is 4.90 Å². The van der Waals surface area contributed by atoms with Crippen molar-refractivity contribution in [1.82, 2.24) is 4.90 Å². The van der Waals surface area contributed by atoms with Crippen molar-refractivity contribution in [3.05, 3.63) is 12.7 Å². The second kappa shape index (κ2) is 12.7. The Bertz CT molecular complexity index is 200. The molecular weight excluding hydrogens is 230 g/mol. The van der Waals surface area contributed by atoms with Gasteiger partial charge in [0.25, 0.3) is 0 Å². The molecule has 114 valence electrons. The van der Waals surface area contributed by atoms with Crippen LogP contribution in [0, 0.1) is 11.8 Å². The molecule has 0 saturated carbocycles. The standard InChI is InChI=1S/C18H37N/c1-6-8-9-12-17(3)13-10-11-14-18(4)16-19(5)15-7-2/h6,17-18H,1,7-16H2,2-5H3. The Labute approximate surface area is 122 Å². The lowest BCUT2D eigenvalue weighted by atomic mass is 9.95. The Morgan fingerprint density at radius 2 is 1.58 bits per heavy atom. The maximum absolute atomic E-state index is 3.79. The van der Waals surface area contributed by atoms with Gasteiger partial charge in [-0.15, -0.1) is 6.58 Å². The van der Waals surface area contributed by atoms with Crippen LogP contribution >= 0.6 is 0 Å². The van der Waals surface area contributed by atoms with E-state index in [0.717, 1.165) is 11.8 Å². The molecule has 0 N–H and O–H groups in total. The lowest BCUT2D eigenvalue weighted by Crippen LogP contribution is -2.25. The Morgan fingerprint density at radius 1 is 1.00 bits per heavy atom. The number of hydrogen-bond acceptors (Lipinski definition) is 1. The summed E-state index contributed by atoms with van der Waals surface area (Å²) in [5.74, 6) is 1.76. The van der Waals surface area contributed by atoms with Gasteiger partial charge in [-0.1, -0.05) is 52.5 Å². The zero-order valence-corrected chi connectivity index (χ0v) is 14.0. The van der Waals surface area contributed by atoms with Gasteiger partial charge in [0.1, 0.15) is 0 Å². The molecule has 0 bridgehead atoms. The van der Waals surface area contributed by atoms with Crippen LogP contribution in [-0.2, 0) is 0 Å². The van der Waals surface area contributed by atoms with Gasteiger partial charge in [-0.2, -0.15) is 0 Å². The third-order valence-corrected chi connectivity index (χ3v) is 3.98. The summed E-state index contributed by atoms with van der Waals surface area (Å²) >= 11 is 0. The van der Waals surface area contributed by atoms with Crippen LogP contribution in [0.5, 0.6) is 0 Å². The average molecular weight is 268 g/mol. The van der Waals surface area contributed by atoms with Crippen LogP contribution in [0.4, 0.5) is 0 Å². The van der Waals surface area contributed by atoms with E-state index in [1.807, 2.05) is 6.08 Å². The predicted molar refractivity (Wildman–Crippen MR) is 88.6 cm³/mol. The summed E-state index contributed by atoms with van der Waals surface area (Å²) < 4.78 is 0. The highest BCUT2D eigenvalue weighted by Gasteiger charge is 2.06. The van der Waals surface area contributed by atoms with Crippen LogP contribution in [0.25, 0.3) is 0 Å². The van der Waals surface area contributed by atoms with Crippen molar-refractivity contribution in [3.63, 3.8) is 0 Å². The van der Waals surface area contributed by atoms with E-state index in [4.69, 9.17) is 0 Å². The highest BCUT2D eigenvalue weighted by atomic mass is 15.1. The van der Waals surface area contributed by atoms with Gasteiger partial charge in [0.15, 0.2) is 0 Å². The van der Waals surface area contributed by atoms with Crippen LogP contribution < -0.4 is 0 Å². The second-order valence-electron chi connectivity index (χ2n) is 6.48. The van der Waals surface area contributed by atoms with E-state index in [9.17, 15) is 0 Å². The molecule has 0 amide bonds. The van der Waals surface area contributed by atoms with Gasteiger partial charge in [0, 0.05) is 6.54 Å². The van der Waals surface area contributed by atoms with Gasteiger partial charge in [-0.05, 0) is 51.1 Å². The fraction of sp³-hybridized carbons (Fsp3) is 0.889. The molecule has 0 spiro atoms. The third kappa shape index (κ3) is 12.5. The van der Waals surface area contributed by atoms with Crippen molar-refractivity contribution in [3.8, 4) is 0 Å². The average Bonchev–Trinajstić information content (AvgIpc) is 2.35. The van der Waals surface area contributed by atoms with Crippen LogP contribution in [-0.4, -0.2) is 25.0 Å². The topological polar surface area (TPSA) is 3.24 Å². The van der Waals surface area contributed by atoms with Gasteiger partial charge in [-0.25, -0.2) is 0 Å². The maximum atomic E-state index is 3.79. The molecule has 0 aliphatic carbocycles. The quantitative estimate of drug-likeness (QED) is 0.314. The first-order valence-corrected chi connectivity index (χ1v) is 8.39. The zero-order valence-electron chi connectivity index (χ0n) is 14.0. The number of nitrogens with zero attached hydrogens (tertiary/aromatic N) is 1. The summed E-state index contributed by atoms with van der Waals surface area (Å²) in [5.41, 5.74) is 0. The molecule has 0 fully saturated rings. The van der Waals surface area contributed by atoms with Crippen molar-refractivity contribution in [2.45, 2.75) is 72.1 Å². The lowest BCUT2D eigenvalue weighted by Gasteiger charge is -2.20. The minimum atomic E-state index is 0.854. The number of unbranched alkanes of at least 4 members (excludes halogenated alkanes) is 2. The van der Waals surface area contributed by atoms with Crippen molar-refractivity contribution in [2.75, 3.05) is 20.1 Å². The minimum Gasteiger partial charge on any atom is -0.306 e. The summed E-state index contributed by atoms with van der Waals surface area (Å²) in [6.07, 6.45) is 12.8. The molecule has 2 unspecified atom stereocenters. The van der Waals surface area contributed by atoms with Crippen LogP contribution in [0.1, 0.15) is 72.1 Å². The summed E-state index contributed by atoms with van der Waals surface area (Å²) in [7, 11) is 2.25. The van der Waals surface area contributed by atoms with E-state index >= 15 is 0 Å². The first kappa shape index (κ1) is 18.7. The largest absolute Gasteiger partial charge is 0.306 e. The van der Waals surface area contributed by atoms with Gasteiger partial charge in [0.05, 0.1) is 0 Å². The van der Waals surface area contributed by atoms with Gasteiger partial charge in [-0.3, -0.25) is 0 Å². The van der Waals surface area contributed by atoms with Crippen molar-refractivity contribution < 1.29 is 0 Å². The molecule has 0 aromatic heterocycles. The first-order valence-electron chi connectivity index (χ1n) is 8.39. The fourth-order valence-electron chi connectivity index (χ4n) is 2.84. The molecule has 1 heteroatoms. The van der Waals surface area contributed by atoms with Crippen molar-refractivity contribution in [1.29, 1.82) is 0 Å². The molecule has 0 radical (unpaired) electrons.